The molecule has 3 heteroatoms. The molecule has 0 aromatic heterocycles. The van der Waals surface area contributed by atoms with E-state index in [0.29, 0.717) is 12.1 Å². The van der Waals surface area contributed by atoms with Crippen molar-refractivity contribution in [3.05, 3.63) is 0 Å². The van der Waals surface area contributed by atoms with Crippen molar-refractivity contribution in [2.45, 2.75) is 51.7 Å². The lowest BCUT2D eigenvalue weighted by Crippen LogP contribution is -2.48. The Labute approximate surface area is 102 Å². The molecule has 0 aromatic carbocycles. The summed E-state index contributed by atoms with van der Waals surface area (Å²) in [5.41, 5.74) is 0. The fourth-order valence-electron chi connectivity index (χ4n) is 2.15. The van der Waals surface area contributed by atoms with Crippen molar-refractivity contribution in [2.24, 2.45) is 0 Å². The lowest BCUT2D eigenvalue weighted by atomic mass is 10.1. The number of alkyl halides is 1. The van der Waals surface area contributed by atoms with Crippen molar-refractivity contribution in [1.82, 2.24) is 4.90 Å². The Kier molecular flexibility index (Phi) is 6.86. The third kappa shape index (κ3) is 4.83. The summed E-state index contributed by atoms with van der Waals surface area (Å²) in [5.74, 6) is 0. The van der Waals surface area contributed by atoms with Gasteiger partial charge in [0.2, 0.25) is 0 Å². The third-order valence-electron chi connectivity index (χ3n) is 3.13. The second-order valence-corrected chi connectivity index (χ2v) is 5.24. The van der Waals surface area contributed by atoms with Crippen molar-refractivity contribution in [3.63, 3.8) is 0 Å². The first-order valence-electron chi connectivity index (χ1n) is 6.19. The lowest BCUT2D eigenvalue weighted by molar-refractivity contribution is -0.0560. The highest BCUT2D eigenvalue weighted by Crippen LogP contribution is 2.15. The highest BCUT2D eigenvalue weighted by Gasteiger charge is 2.24. The standard InChI is InChI=1S/C12H24BrNO/c1-3-12-10-15-11(2)9-14(12)8-6-4-5-7-13/h11-12H,3-10H2,1-2H3. The van der Waals surface area contributed by atoms with Crippen LogP contribution in [0, 0.1) is 0 Å². The molecule has 0 N–H and O–H groups in total. The molecule has 0 radical (unpaired) electrons. The van der Waals surface area contributed by atoms with E-state index in [1.54, 1.807) is 0 Å². The van der Waals surface area contributed by atoms with Gasteiger partial charge < -0.3 is 4.74 Å². The number of hydrogen-bond acceptors (Lipinski definition) is 2. The average Bonchev–Trinajstić information content (AvgIpc) is 2.25. The predicted molar refractivity (Wildman–Crippen MR) is 68.7 cm³/mol. The van der Waals surface area contributed by atoms with Gasteiger partial charge in [-0.3, -0.25) is 4.90 Å². The zero-order valence-electron chi connectivity index (χ0n) is 10.0. The normalized spacial score (nSPS) is 28.2. The minimum Gasteiger partial charge on any atom is -0.376 e. The van der Waals surface area contributed by atoms with Gasteiger partial charge in [0.05, 0.1) is 12.7 Å². The van der Waals surface area contributed by atoms with E-state index in [1.807, 2.05) is 0 Å². The SMILES string of the molecule is CCC1COC(C)CN1CCCCCBr. The fourth-order valence-corrected chi connectivity index (χ4v) is 2.55. The summed E-state index contributed by atoms with van der Waals surface area (Å²) < 4.78 is 5.69. The summed E-state index contributed by atoms with van der Waals surface area (Å²) >= 11 is 3.48. The highest BCUT2D eigenvalue weighted by molar-refractivity contribution is 9.09. The van der Waals surface area contributed by atoms with Gasteiger partial charge in [-0.2, -0.15) is 0 Å². The minimum atomic E-state index is 0.420. The van der Waals surface area contributed by atoms with Gasteiger partial charge in [-0.1, -0.05) is 29.3 Å². The van der Waals surface area contributed by atoms with Crippen LogP contribution in [0.25, 0.3) is 0 Å². The van der Waals surface area contributed by atoms with E-state index >= 15 is 0 Å². The minimum absolute atomic E-state index is 0.420. The molecule has 2 nitrogen and oxygen atoms in total. The van der Waals surface area contributed by atoms with Crippen LogP contribution >= 0.6 is 15.9 Å². The maximum absolute atomic E-state index is 5.69. The number of unbranched alkanes of at least 4 members (excludes halogenated alkanes) is 2. The van der Waals surface area contributed by atoms with E-state index in [9.17, 15) is 0 Å². The molecule has 2 unspecified atom stereocenters. The summed E-state index contributed by atoms with van der Waals surface area (Å²) in [6, 6.07) is 0.658. The Balaban J connectivity index is 2.22. The molecular weight excluding hydrogens is 254 g/mol. The zero-order chi connectivity index (χ0) is 11.1. The maximum Gasteiger partial charge on any atom is 0.0674 e. The first-order chi connectivity index (χ1) is 7.27. The molecule has 0 spiro atoms. The predicted octanol–water partition coefficient (Wildman–Crippen LogP) is 3.05. The van der Waals surface area contributed by atoms with Gasteiger partial charge in [-0.15, -0.1) is 0 Å². The van der Waals surface area contributed by atoms with Crippen molar-refractivity contribution in [2.75, 3.05) is 25.0 Å². The molecule has 0 aliphatic carbocycles. The van der Waals surface area contributed by atoms with E-state index < -0.39 is 0 Å². The maximum atomic E-state index is 5.69. The molecule has 1 rings (SSSR count). The summed E-state index contributed by atoms with van der Waals surface area (Å²) in [5, 5.41) is 1.14. The van der Waals surface area contributed by atoms with Crippen LogP contribution in [0.3, 0.4) is 0 Å². The molecule has 0 bridgehead atoms. The van der Waals surface area contributed by atoms with Crippen LogP contribution in [0.4, 0.5) is 0 Å². The van der Waals surface area contributed by atoms with Gasteiger partial charge in [0, 0.05) is 17.9 Å². The first-order valence-corrected chi connectivity index (χ1v) is 7.31. The Hall–Kier alpha value is 0.400. The molecule has 2 atom stereocenters. The van der Waals surface area contributed by atoms with Gasteiger partial charge in [-0.25, -0.2) is 0 Å². The van der Waals surface area contributed by atoms with Crippen LogP contribution in [0.2, 0.25) is 0 Å². The quantitative estimate of drug-likeness (QED) is 0.547. The van der Waals surface area contributed by atoms with Crippen LogP contribution in [-0.4, -0.2) is 42.1 Å². The van der Waals surface area contributed by atoms with Crippen molar-refractivity contribution >= 4 is 15.9 Å². The van der Waals surface area contributed by atoms with E-state index in [1.165, 1.54) is 32.2 Å². The Bertz CT molecular complexity index is 166. The van der Waals surface area contributed by atoms with Gasteiger partial charge in [0.15, 0.2) is 0 Å². The van der Waals surface area contributed by atoms with E-state index in [2.05, 4.69) is 34.7 Å². The Morgan fingerprint density at radius 3 is 2.80 bits per heavy atom. The lowest BCUT2D eigenvalue weighted by Gasteiger charge is -2.38. The van der Waals surface area contributed by atoms with Gasteiger partial charge >= 0.3 is 0 Å². The second kappa shape index (κ2) is 7.64. The van der Waals surface area contributed by atoms with E-state index in [0.717, 1.165) is 18.5 Å². The third-order valence-corrected chi connectivity index (χ3v) is 3.69. The van der Waals surface area contributed by atoms with Crippen LogP contribution in [0.1, 0.15) is 39.5 Å². The van der Waals surface area contributed by atoms with E-state index in [4.69, 9.17) is 4.74 Å². The molecule has 0 aromatic rings. The van der Waals surface area contributed by atoms with Crippen LogP contribution in [-0.2, 0) is 4.74 Å². The van der Waals surface area contributed by atoms with Gasteiger partial charge in [0.25, 0.3) is 0 Å². The summed E-state index contributed by atoms with van der Waals surface area (Å²) in [4.78, 5) is 2.61. The number of nitrogens with zero attached hydrogens (tertiary/aromatic N) is 1. The molecule has 15 heavy (non-hydrogen) atoms. The Morgan fingerprint density at radius 2 is 2.13 bits per heavy atom. The molecule has 0 saturated carbocycles. The molecule has 0 amide bonds. The average molecular weight is 278 g/mol. The van der Waals surface area contributed by atoms with Crippen LogP contribution in [0.5, 0.6) is 0 Å². The molecule has 1 saturated heterocycles. The monoisotopic (exact) mass is 277 g/mol. The van der Waals surface area contributed by atoms with Crippen molar-refractivity contribution in [1.29, 1.82) is 0 Å². The number of halogens is 1. The van der Waals surface area contributed by atoms with Gasteiger partial charge in [-0.05, 0) is 32.7 Å². The summed E-state index contributed by atoms with van der Waals surface area (Å²) in [7, 11) is 0. The Morgan fingerprint density at radius 1 is 1.33 bits per heavy atom. The number of morpholine rings is 1. The zero-order valence-corrected chi connectivity index (χ0v) is 11.6. The molecule has 1 heterocycles. The number of rotatable bonds is 6. The van der Waals surface area contributed by atoms with Gasteiger partial charge in [0.1, 0.15) is 0 Å². The first kappa shape index (κ1) is 13.5. The molecule has 1 aliphatic heterocycles. The molecule has 1 fully saturated rings. The topological polar surface area (TPSA) is 12.5 Å². The van der Waals surface area contributed by atoms with Crippen molar-refractivity contribution in [3.8, 4) is 0 Å². The van der Waals surface area contributed by atoms with Crippen LogP contribution < -0.4 is 0 Å². The smallest absolute Gasteiger partial charge is 0.0674 e. The second-order valence-electron chi connectivity index (χ2n) is 4.45. The molecule has 90 valence electrons. The highest BCUT2D eigenvalue weighted by atomic mass is 79.9. The summed E-state index contributed by atoms with van der Waals surface area (Å²) in [6.07, 6.45) is 5.60. The molecular formula is C12H24BrNO. The van der Waals surface area contributed by atoms with E-state index in [-0.39, 0.29) is 0 Å². The summed E-state index contributed by atoms with van der Waals surface area (Å²) in [6.45, 7) is 7.73. The number of ether oxygens (including phenoxy) is 1. The largest absolute Gasteiger partial charge is 0.376 e. The fraction of sp³-hybridized carbons (Fsp3) is 1.00. The van der Waals surface area contributed by atoms with Crippen LogP contribution in [0.15, 0.2) is 0 Å². The number of hydrogen-bond donors (Lipinski definition) is 0. The van der Waals surface area contributed by atoms with Crippen molar-refractivity contribution < 1.29 is 4.74 Å². The molecule has 1 aliphatic rings.